The molecule has 2 heterocycles. The van der Waals surface area contributed by atoms with Gasteiger partial charge in [0.1, 0.15) is 11.2 Å². The lowest BCUT2D eigenvalue weighted by Gasteiger charge is -2.08. The molecule has 0 N–H and O–H groups in total. The summed E-state index contributed by atoms with van der Waals surface area (Å²) in [6.45, 7) is 9.87. The Hall–Kier alpha value is -1.84. The zero-order valence-electron chi connectivity index (χ0n) is 12.8. The van der Waals surface area contributed by atoms with E-state index in [0.29, 0.717) is 5.75 Å². The Kier molecular flexibility index (Phi) is 4.12. The van der Waals surface area contributed by atoms with E-state index in [1.165, 1.54) is 5.56 Å². The van der Waals surface area contributed by atoms with E-state index in [9.17, 15) is 4.79 Å². The second-order valence-electron chi connectivity index (χ2n) is 5.67. The van der Waals surface area contributed by atoms with Crippen LogP contribution in [0.2, 0.25) is 0 Å². The third kappa shape index (κ3) is 2.69. The van der Waals surface area contributed by atoms with Gasteiger partial charge in [0.05, 0.1) is 5.92 Å². The van der Waals surface area contributed by atoms with Gasteiger partial charge in [0.2, 0.25) is 0 Å². The van der Waals surface area contributed by atoms with Crippen LogP contribution in [-0.4, -0.2) is 15.6 Å². The lowest BCUT2D eigenvalue weighted by molar-refractivity contribution is -0.137. The van der Waals surface area contributed by atoms with Crippen molar-refractivity contribution in [2.45, 2.75) is 47.0 Å². The van der Waals surface area contributed by atoms with Crippen molar-refractivity contribution in [3.63, 3.8) is 0 Å². The summed E-state index contributed by atoms with van der Waals surface area (Å²) < 4.78 is 7.39. The summed E-state index contributed by atoms with van der Waals surface area (Å²) in [5.41, 5.74) is 2.88. The molecule has 0 unspecified atom stereocenters. The molecule has 2 rings (SSSR count). The van der Waals surface area contributed by atoms with E-state index in [1.807, 2.05) is 36.7 Å². The number of aryl methyl sites for hydroxylation is 1. The summed E-state index contributed by atoms with van der Waals surface area (Å²) >= 11 is 0. The molecule has 0 bridgehead atoms. The van der Waals surface area contributed by atoms with Crippen molar-refractivity contribution in [1.29, 1.82) is 0 Å². The zero-order valence-corrected chi connectivity index (χ0v) is 12.8. The molecule has 20 heavy (non-hydrogen) atoms. The molecule has 0 aliphatic heterocycles. The Morgan fingerprint density at radius 2 is 2.00 bits per heavy atom. The molecule has 2 aromatic heterocycles. The van der Waals surface area contributed by atoms with Gasteiger partial charge in [0.25, 0.3) is 0 Å². The molecule has 4 nitrogen and oxygen atoms in total. The quantitative estimate of drug-likeness (QED) is 0.800. The van der Waals surface area contributed by atoms with Gasteiger partial charge in [-0.15, -0.1) is 0 Å². The van der Waals surface area contributed by atoms with Gasteiger partial charge in [-0.05, 0) is 18.1 Å². The minimum atomic E-state index is -0.221. The van der Waals surface area contributed by atoms with Crippen LogP contribution in [0.3, 0.4) is 0 Å². The molecule has 0 aliphatic carbocycles. The Labute approximate surface area is 119 Å². The van der Waals surface area contributed by atoms with E-state index in [1.54, 1.807) is 0 Å². The molecule has 2 aromatic rings. The van der Waals surface area contributed by atoms with Crippen molar-refractivity contribution >= 4 is 11.5 Å². The molecule has 0 aromatic carbocycles. The maximum atomic E-state index is 11.9. The largest absolute Gasteiger partial charge is 0.422 e. The number of rotatable bonds is 4. The van der Waals surface area contributed by atoms with E-state index < -0.39 is 0 Å². The first kappa shape index (κ1) is 14.6. The number of carbonyl (C=O) groups excluding carboxylic acids is 1. The first-order chi connectivity index (χ1) is 9.43. The highest BCUT2D eigenvalue weighted by atomic mass is 16.5. The molecule has 0 radical (unpaired) electrons. The molecule has 0 spiro atoms. The first-order valence-corrected chi connectivity index (χ1v) is 7.16. The Bertz CT molecular complexity index is 627. The van der Waals surface area contributed by atoms with Gasteiger partial charge < -0.3 is 4.74 Å². The van der Waals surface area contributed by atoms with Crippen LogP contribution in [-0.2, 0) is 11.2 Å². The highest BCUT2D eigenvalue weighted by Crippen LogP contribution is 2.31. The minimum Gasteiger partial charge on any atom is -0.422 e. The number of esters is 1. The smallest absolute Gasteiger partial charge is 0.313 e. The lowest BCUT2D eigenvalue weighted by atomic mass is 10.1. The summed E-state index contributed by atoms with van der Waals surface area (Å²) in [5.74, 6) is 0.428. The monoisotopic (exact) mass is 274 g/mol. The normalized spacial score (nSPS) is 11.6. The van der Waals surface area contributed by atoms with Crippen molar-refractivity contribution in [2.75, 3.05) is 0 Å². The Morgan fingerprint density at radius 3 is 2.55 bits per heavy atom. The maximum absolute atomic E-state index is 11.9. The van der Waals surface area contributed by atoms with Crippen LogP contribution in [0.4, 0.5) is 0 Å². The number of pyridine rings is 1. The molecule has 108 valence electrons. The fourth-order valence-corrected chi connectivity index (χ4v) is 2.00. The van der Waals surface area contributed by atoms with Crippen molar-refractivity contribution in [3.8, 4) is 5.75 Å². The summed E-state index contributed by atoms with van der Waals surface area (Å²) in [6, 6.07) is 4.02. The van der Waals surface area contributed by atoms with Crippen LogP contribution >= 0.6 is 0 Å². The third-order valence-electron chi connectivity index (χ3n) is 3.30. The second kappa shape index (κ2) is 5.65. The third-order valence-corrected chi connectivity index (χ3v) is 3.30. The van der Waals surface area contributed by atoms with Gasteiger partial charge in [0, 0.05) is 12.1 Å². The average Bonchev–Trinajstić information content (AvgIpc) is 2.76. The fraction of sp³-hybridized carbons (Fsp3) is 0.500. The Balaban J connectivity index is 2.54. The average molecular weight is 274 g/mol. The zero-order chi connectivity index (χ0) is 14.9. The molecule has 0 saturated heterocycles. The summed E-state index contributed by atoms with van der Waals surface area (Å²) in [5, 5.41) is 4.57. The molecule has 0 atom stereocenters. The second-order valence-corrected chi connectivity index (χ2v) is 5.67. The number of carbonyl (C=O) groups is 1. The van der Waals surface area contributed by atoms with Gasteiger partial charge in [-0.2, -0.15) is 5.10 Å². The number of ether oxygens (including phenoxy) is 1. The van der Waals surface area contributed by atoms with Crippen molar-refractivity contribution < 1.29 is 9.53 Å². The van der Waals surface area contributed by atoms with Gasteiger partial charge in [0.15, 0.2) is 5.75 Å². The molecule has 4 heteroatoms. The highest BCUT2D eigenvalue weighted by Gasteiger charge is 2.21. The maximum Gasteiger partial charge on any atom is 0.313 e. The van der Waals surface area contributed by atoms with Crippen LogP contribution in [0.15, 0.2) is 18.3 Å². The summed E-state index contributed by atoms with van der Waals surface area (Å²) in [6.07, 6.45) is 2.95. The lowest BCUT2D eigenvalue weighted by Crippen LogP contribution is -2.15. The standard InChI is InChI=1S/C16H22N2O2/c1-6-12-7-8-13-15(20-16(19)11(4)5)14(10(2)3)17-18(13)9-12/h7-11H,6H2,1-5H3. The van der Waals surface area contributed by atoms with Crippen LogP contribution in [0.1, 0.15) is 51.8 Å². The minimum absolute atomic E-state index is 0.153. The van der Waals surface area contributed by atoms with Crippen LogP contribution < -0.4 is 4.74 Å². The van der Waals surface area contributed by atoms with Crippen LogP contribution in [0.25, 0.3) is 5.52 Å². The van der Waals surface area contributed by atoms with E-state index in [0.717, 1.165) is 17.6 Å². The molecular weight excluding hydrogens is 252 g/mol. The molecule has 0 saturated carbocycles. The topological polar surface area (TPSA) is 43.6 Å². The van der Waals surface area contributed by atoms with Crippen LogP contribution in [0.5, 0.6) is 5.75 Å². The van der Waals surface area contributed by atoms with Gasteiger partial charge in [-0.1, -0.05) is 40.7 Å². The molecule has 0 fully saturated rings. The number of aromatic nitrogens is 2. The van der Waals surface area contributed by atoms with Gasteiger partial charge in [-0.25, -0.2) is 4.52 Å². The predicted molar refractivity (Wildman–Crippen MR) is 79.1 cm³/mol. The fourth-order valence-electron chi connectivity index (χ4n) is 2.00. The molecule has 0 amide bonds. The number of nitrogens with zero attached hydrogens (tertiary/aromatic N) is 2. The Morgan fingerprint density at radius 1 is 1.30 bits per heavy atom. The number of fused-ring (bicyclic) bond motifs is 1. The van der Waals surface area contributed by atoms with Crippen molar-refractivity contribution in [3.05, 3.63) is 29.6 Å². The molecular formula is C16H22N2O2. The summed E-state index contributed by atoms with van der Waals surface area (Å²) in [7, 11) is 0. The van der Waals surface area contributed by atoms with E-state index in [-0.39, 0.29) is 17.8 Å². The van der Waals surface area contributed by atoms with Gasteiger partial charge in [-0.3, -0.25) is 4.79 Å². The van der Waals surface area contributed by atoms with Crippen molar-refractivity contribution in [1.82, 2.24) is 9.61 Å². The molecule has 0 aliphatic rings. The van der Waals surface area contributed by atoms with E-state index >= 15 is 0 Å². The van der Waals surface area contributed by atoms with Gasteiger partial charge >= 0.3 is 5.97 Å². The predicted octanol–water partition coefficient (Wildman–Crippen LogP) is 3.58. The SMILES string of the molecule is CCc1ccc2c(OC(=O)C(C)C)c(C(C)C)nn2c1. The first-order valence-electron chi connectivity index (χ1n) is 7.16. The summed E-state index contributed by atoms with van der Waals surface area (Å²) in [4.78, 5) is 11.9. The number of hydrogen-bond acceptors (Lipinski definition) is 3. The highest BCUT2D eigenvalue weighted by molar-refractivity contribution is 5.78. The van der Waals surface area contributed by atoms with Crippen molar-refractivity contribution in [2.24, 2.45) is 5.92 Å². The van der Waals surface area contributed by atoms with Crippen LogP contribution in [0, 0.1) is 5.92 Å². The van der Waals surface area contributed by atoms with E-state index in [2.05, 4.69) is 25.9 Å². The number of hydrogen-bond donors (Lipinski definition) is 0. The van der Waals surface area contributed by atoms with E-state index in [4.69, 9.17) is 4.74 Å².